The van der Waals surface area contributed by atoms with E-state index < -0.39 is 21.7 Å². The lowest BCUT2D eigenvalue weighted by atomic mass is 10.3. The van der Waals surface area contributed by atoms with Crippen molar-refractivity contribution in [2.75, 3.05) is 5.32 Å². The SMILES string of the molecule is C=CC(=O)Nc1cc(F)ccc1S(N)(=O)=O. The largest absolute Gasteiger partial charge is 0.321 e. The van der Waals surface area contributed by atoms with Crippen LogP contribution in [-0.4, -0.2) is 14.3 Å². The summed E-state index contributed by atoms with van der Waals surface area (Å²) in [6.07, 6.45) is 0.928. The Morgan fingerprint density at radius 2 is 2.12 bits per heavy atom. The lowest BCUT2D eigenvalue weighted by Gasteiger charge is -2.07. The van der Waals surface area contributed by atoms with Crippen LogP contribution in [0.1, 0.15) is 0 Å². The monoisotopic (exact) mass is 244 g/mol. The van der Waals surface area contributed by atoms with Crippen LogP contribution < -0.4 is 10.5 Å². The molecule has 0 spiro atoms. The molecule has 7 heteroatoms. The smallest absolute Gasteiger partial charge is 0.247 e. The van der Waals surface area contributed by atoms with Crippen LogP contribution in [-0.2, 0) is 14.8 Å². The van der Waals surface area contributed by atoms with Gasteiger partial charge in [0, 0.05) is 0 Å². The Balaban J connectivity index is 3.29. The molecule has 0 fully saturated rings. The quantitative estimate of drug-likeness (QED) is 0.763. The van der Waals surface area contributed by atoms with E-state index in [1.54, 1.807) is 0 Å². The minimum absolute atomic E-state index is 0.215. The fourth-order valence-corrected chi connectivity index (χ4v) is 1.71. The molecule has 1 aromatic rings. The van der Waals surface area contributed by atoms with Crippen LogP contribution in [0.15, 0.2) is 35.7 Å². The number of primary sulfonamides is 1. The number of amides is 1. The number of sulfonamides is 1. The maximum atomic E-state index is 12.9. The fourth-order valence-electron chi connectivity index (χ4n) is 1.03. The molecule has 0 aliphatic heterocycles. The summed E-state index contributed by atoms with van der Waals surface area (Å²) in [5.74, 6) is -1.35. The molecule has 0 unspecified atom stereocenters. The van der Waals surface area contributed by atoms with E-state index >= 15 is 0 Å². The van der Waals surface area contributed by atoms with Crippen molar-refractivity contribution in [3.63, 3.8) is 0 Å². The third-order valence-corrected chi connectivity index (χ3v) is 2.66. The molecule has 5 nitrogen and oxygen atoms in total. The molecular formula is C9H9FN2O3S. The fraction of sp³-hybridized carbons (Fsp3) is 0. The number of nitrogens with two attached hydrogens (primary N) is 1. The number of rotatable bonds is 3. The molecule has 0 aromatic heterocycles. The van der Waals surface area contributed by atoms with Gasteiger partial charge in [-0.05, 0) is 24.3 Å². The number of nitrogens with one attached hydrogen (secondary N) is 1. The maximum absolute atomic E-state index is 12.9. The minimum Gasteiger partial charge on any atom is -0.321 e. The Labute approximate surface area is 91.8 Å². The van der Waals surface area contributed by atoms with Gasteiger partial charge in [0.2, 0.25) is 15.9 Å². The maximum Gasteiger partial charge on any atom is 0.247 e. The number of hydrogen-bond acceptors (Lipinski definition) is 3. The Morgan fingerprint density at radius 1 is 1.50 bits per heavy atom. The highest BCUT2D eigenvalue weighted by Gasteiger charge is 2.15. The second kappa shape index (κ2) is 4.42. The second-order valence-electron chi connectivity index (χ2n) is 2.88. The Kier molecular flexibility index (Phi) is 3.41. The van der Waals surface area contributed by atoms with E-state index in [4.69, 9.17) is 5.14 Å². The highest BCUT2D eigenvalue weighted by Crippen LogP contribution is 2.21. The van der Waals surface area contributed by atoms with Crippen molar-refractivity contribution in [1.82, 2.24) is 0 Å². The molecule has 0 aliphatic carbocycles. The summed E-state index contributed by atoms with van der Waals surface area (Å²) in [7, 11) is -4.02. The van der Waals surface area contributed by atoms with Crippen molar-refractivity contribution in [1.29, 1.82) is 0 Å². The number of anilines is 1. The van der Waals surface area contributed by atoms with E-state index in [1.165, 1.54) is 0 Å². The predicted octanol–water partition coefficient (Wildman–Crippen LogP) is 0.598. The van der Waals surface area contributed by atoms with Gasteiger partial charge in [0.25, 0.3) is 0 Å². The molecule has 1 amide bonds. The van der Waals surface area contributed by atoms with Crippen molar-refractivity contribution in [2.45, 2.75) is 4.90 Å². The number of carbonyl (C=O) groups excluding carboxylic acids is 1. The van der Waals surface area contributed by atoms with E-state index in [2.05, 4.69) is 11.9 Å². The highest BCUT2D eigenvalue weighted by molar-refractivity contribution is 7.89. The number of hydrogen-bond donors (Lipinski definition) is 2. The average molecular weight is 244 g/mol. The van der Waals surface area contributed by atoms with Crippen molar-refractivity contribution < 1.29 is 17.6 Å². The summed E-state index contributed by atoms with van der Waals surface area (Å²) in [4.78, 5) is 10.6. The number of carbonyl (C=O) groups is 1. The molecule has 0 heterocycles. The average Bonchev–Trinajstić information content (AvgIpc) is 2.15. The van der Waals surface area contributed by atoms with Crippen LogP contribution in [0.25, 0.3) is 0 Å². The van der Waals surface area contributed by atoms with Crippen molar-refractivity contribution in [3.05, 3.63) is 36.7 Å². The van der Waals surface area contributed by atoms with Gasteiger partial charge in [-0.3, -0.25) is 4.79 Å². The molecule has 0 saturated heterocycles. The summed E-state index contributed by atoms with van der Waals surface area (Å²) in [5.41, 5.74) is -0.215. The first-order valence-electron chi connectivity index (χ1n) is 4.10. The lowest BCUT2D eigenvalue weighted by molar-refractivity contribution is -0.111. The zero-order chi connectivity index (χ0) is 12.3. The molecule has 16 heavy (non-hydrogen) atoms. The molecule has 0 atom stereocenters. The molecule has 0 aliphatic rings. The van der Waals surface area contributed by atoms with E-state index in [0.29, 0.717) is 0 Å². The third-order valence-electron chi connectivity index (χ3n) is 1.69. The van der Waals surface area contributed by atoms with Crippen LogP contribution in [0.2, 0.25) is 0 Å². The number of benzene rings is 1. The van der Waals surface area contributed by atoms with Gasteiger partial charge in [-0.25, -0.2) is 17.9 Å². The van der Waals surface area contributed by atoms with Gasteiger partial charge in [-0.1, -0.05) is 6.58 Å². The highest BCUT2D eigenvalue weighted by atomic mass is 32.2. The van der Waals surface area contributed by atoms with Gasteiger partial charge in [-0.15, -0.1) is 0 Å². The van der Waals surface area contributed by atoms with Crippen LogP contribution in [0.5, 0.6) is 0 Å². The molecule has 1 aromatic carbocycles. The van der Waals surface area contributed by atoms with Gasteiger partial charge >= 0.3 is 0 Å². The first-order valence-corrected chi connectivity index (χ1v) is 5.65. The normalized spacial score (nSPS) is 10.9. The minimum atomic E-state index is -4.02. The van der Waals surface area contributed by atoms with Gasteiger partial charge in [0.05, 0.1) is 5.69 Å². The third kappa shape index (κ3) is 2.88. The van der Waals surface area contributed by atoms with Crippen molar-refractivity contribution >= 4 is 21.6 Å². The zero-order valence-corrected chi connectivity index (χ0v) is 8.92. The van der Waals surface area contributed by atoms with Gasteiger partial charge in [0.1, 0.15) is 10.7 Å². The van der Waals surface area contributed by atoms with E-state index in [-0.39, 0.29) is 10.6 Å². The topological polar surface area (TPSA) is 89.3 Å². The van der Waals surface area contributed by atoms with Crippen molar-refractivity contribution in [3.8, 4) is 0 Å². The van der Waals surface area contributed by atoms with E-state index in [1.807, 2.05) is 0 Å². The van der Waals surface area contributed by atoms with Gasteiger partial charge < -0.3 is 5.32 Å². The molecule has 86 valence electrons. The van der Waals surface area contributed by atoms with Crippen LogP contribution >= 0.6 is 0 Å². The summed E-state index contributed by atoms with van der Waals surface area (Å²) in [5, 5.41) is 7.05. The summed E-state index contributed by atoms with van der Waals surface area (Å²) >= 11 is 0. The molecular weight excluding hydrogens is 235 g/mol. The van der Waals surface area contributed by atoms with E-state index in [9.17, 15) is 17.6 Å². The Hall–Kier alpha value is -1.73. The second-order valence-corrected chi connectivity index (χ2v) is 4.41. The molecule has 1 rings (SSSR count). The van der Waals surface area contributed by atoms with Crippen molar-refractivity contribution in [2.24, 2.45) is 5.14 Å². The first-order chi connectivity index (χ1) is 7.34. The van der Waals surface area contributed by atoms with Crippen LogP contribution in [0.3, 0.4) is 0 Å². The molecule has 0 saturated carbocycles. The summed E-state index contributed by atoms with van der Waals surface area (Å²) < 4.78 is 35.1. The standard InChI is InChI=1S/C9H9FN2O3S/c1-2-9(13)12-7-5-6(10)3-4-8(7)16(11,14)15/h2-5H,1H2,(H,12,13)(H2,11,14,15). The van der Waals surface area contributed by atoms with Crippen LogP contribution in [0, 0.1) is 5.82 Å². The lowest BCUT2D eigenvalue weighted by Crippen LogP contribution is -2.17. The number of halogens is 1. The summed E-state index contributed by atoms with van der Waals surface area (Å²) in [6.45, 7) is 3.18. The van der Waals surface area contributed by atoms with E-state index in [0.717, 1.165) is 24.3 Å². The molecule has 0 bridgehead atoms. The zero-order valence-electron chi connectivity index (χ0n) is 8.10. The predicted molar refractivity (Wildman–Crippen MR) is 56.6 cm³/mol. The molecule has 3 N–H and O–H groups in total. The summed E-state index contributed by atoms with van der Waals surface area (Å²) in [6, 6.07) is 2.77. The van der Waals surface area contributed by atoms with Gasteiger partial charge in [0.15, 0.2) is 0 Å². The molecule has 0 radical (unpaired) electrons. The Bertz CT molecular complexity index is 540. The Morgan fingerprint density at radius 3 is 2.62 bits per heavy atom. The van der Waals surface area contributed by atoms with Gasteiger partial charge in [-0.2, -0.15) is 0 Å². The first kappa shape index (κ1) is 12.3. The van der Waals surface area contributed by atoms with Crippen LogP contribution in [0.4, 0.5) is 10.1 Å².